The SMILES string of the molecule is Cc1ncsc1-c1ccc(CNC(=O)[C@@H]2C[C@@H](O)CN2C(=O)C(NC(=O)C2(OCCCCCCOc3cc(F)c([C@@H]4c5[nH]c6ccccc6c5C[C@@H](C)N4CC(C)(C)F)c(F)c3)CC2)C(C)(C)C)cc1. The Kier molecular flexibility index (Phi) is 15.2. The molecule has 8 rings (SSSR count). The standard InChI is InChI=1S/C54H67F3N6O6S/c1-32-24-39-38-14-10-11-15-42(38)60-45(39)46(63(32)30-53(6,7)57)44-40(55)26-37(27-41(44)56)68-22-12-8-9-13-23-69-54(20-21-54)51(67)61-48(52(3,4)5)50(66)62-29-36(64)25-43(62)49(65)58-28-34-16-18-35(19-17-34)47-33(2)59-31-70-47/h10-11,14-19,26-27,31-32,36,43,46,48,60,64H,8-9,12-13,20-25,28-30H2,1-7H3,(H,58,65)(H,61,67)/t32-,36-,43+,46-,48?/m1/s1. The summed E-state index contributed by atoms with van der Waals surface area (Å²) < 4.78 is 59.5. The number of thiazole rings is 1. The van der Waals surface area contributed by atoms with E-state index in [4.69, 9.17) is 9.47 Å². The van der Waals surface area contributed by atoms with Gasteiger partial charge >= 0.3 is 0 Å². The van der Waals surface area contributed by atoms with Crippen molar-refractivity contribution in [2.75, 3.05) is 26.3 Å². The molecular weight excluding hydrogens is 918 g/mol. The highest BCUT2D eigenvalue weighted by Crippen LogP contribution is 2.44. The molecule has 4 heterocycles. The van der Waals surface area contributed by atoms with Gasteiger partial charge in [-0.25, -0.2) is 18.2 Å². The molecule has 4 N–H and O–H groups in total. The quantitative estimate of drug-likeness (QED) is 0.0599. The van der Waals surface area contributed by atoms with Gasteiger partial charge in [-0.1, -0.05) is 69.7 Å². The van der Waals surface area contributed by atoms with Crippen molar-refractivity contribution in [1.82, 2.24) is 30.4 Å². The molecular formula is C54H67F3N6O6S. The van der Waals surface area contributed by atoms with Crippen LogP contribution in [-0.2, 0) is 32.1 Å². The van der Waals surface area contributed by atoms with Gasteiger partial charge in [-0.2, -0.15) is 0 Å². The molecule has 3 amide bonds. The summed E-state index contributed by atoms with van der Waals surface area (Å²) in [7, 11) is 0. The van der Waals surface area contributed by atoms with Crippen LogP contribution in [0, 0.1) is 24.0 Å². The smallest absolute Gasteiger partial charge is 0.252 e. The minimum Gasteiger partial charge on any atom is -0.493 e. The molecule has 1 unspecified atom stereocenters. The van der Waals surface area contributed by atoms with Crippen LogP contribution in [0.15, 0.2) is 66.2 Å². The predicted molar refractivity (Wildman–Crippen MR) is 265 cm³/mol. The van der Waals surface area contributed by atoms with Gasteiger partial charge in [-0.15, -0.1) is 11.3 Å². The fourth-order valence-electron chi connectivity index (χ4n) is 10.0. The number of nitrogens with zero attached hydrogens (tertiary/aromatic N) is 3. The monoisotopic (exact) mass is 984 g/mol. The van der Waals surface area contributed by atoms with E-state index in [2.05, 4.69) is 20.6 Å². The van der Waals surface area contributed by atoms with Gasteiger partial charge in [0.05, 0.1) is 34.8 Å². The van der Waals surface area contributed by atoms with Gasteiger partial charge in [-0.3, -0.25) is 19.3 Å². The number of aromatic nitrogens is 2. The summed E-state index contributed by atoms with van der Waals surface area (Å²) in [4.78, 5) is 53.6. The van der Waals surface area contributed by atoms with E-state index < -0.39 is 58.5 Å². The predicted octanol–water partition coefficient (Wildman–Crippen LogP) is 9.26. The van der Waals surface area contributed by atoms with Crippen molar-refractivity contribution in [2.24, 2.45) is 5.41 Å². The lowest BCUT2D eigenvalue weighted by Gasteiger charge is -2.43. The Morgan fingerprint density at radius 1 is 0.986 bits per heavy atom. The molecule has 1 saturated carbocycles. The number of carbonyl (C=O) groups is 3. The topological polar surface area (TPSA) is 149 Å². The van der Waals surface area contributed by atoms with E-state index in [0.717, 1.165) is 51.0 Å². The normalized spacial score (nSPS) is 20.6. The van der Waals surface area contributed by atoms with Gasteiger partial charge in [0, 0.05) is 73.0 Å². The molecule has 1 aliphatic carbocycles. The minimum absolute atomic E-state index is 0.00959. The molecule has 12 nitrogen and oxygen atoms in total. The molecule has 1 saturated heterocycles. The molecule has 376 valence electrons. The molecule has 16 heteroatoms. The van der Waals surface area contributed by atoms with Crippen molar-refractivity contribution < 1.29 is 42.1 Å². The van der Waals surface area contributed by atoms with E-state index in [1.165, 1.54) is 30.9 Å². The average molecular weight is 985 g/mol. The van der Waals surface area contributed by atoms with Crippen LogP contribution < -0.4 is 15.4 Å². The number of halogens is 3. The molecule has 3 aliphatic rings. The Morgan fingerprint density at radius 3 is 2.31 bits per heavy atom. The lowest BCUT2D eigenvalue weighted by molar-refractivity contribution is -0.147. The molecule has 2 fully saturated rings. The fraction of sp³-hybridized carbons (Fsp3) is 0.519. The zero-order valence-electron chi connectivity index (χ0n) is 41.3. The highest BCUT2D eigenvalue weighted by Gasteiger charge is 2.54. The van der Waals surface area contributed by atoms with Crippen LogP contribution in [0.4, 0.5) is 13.2 Å². The number of likely N-dealkylation sites (tertiary alicyclic amines) is 1. The van der Waals surface area contributed by atoms with Crippen molar-refractivity contribution >= 4 is 40.0 Å². The van der Waals surface area contributed by atoms with Crippen molar-refractivity contribution in [2.45, 2.75) is 148 Å². The Balaban J connectivity index is 0.800. The lowest BCUT2D eigenvalue weighted by Crippen LogP contribution is -2.59. The third kappa shape index (κ3) is 11.4. The molecule has 3 aromatic carbocycles. The number of ether oxygens (including phenoxy) is 2. The third-order valence-corrected chi connectivity index (χ3v) is 14.9. The Hall–Kier alpha value is -5.29. The maximum absolute atomic E-state index is 16.1. The summed E-state index contributed by atoms with van der Waals surface area (Å²) >= 11 is 1.57. The Labute approximate surface area is 412 Å². The van der Waals surface area contributed by atoms with Crippen LogP contribution in [0.25, 0.3) is 21.3 Å². The summed E-state index contributed by atoms with van der Waals surface area (Å²) in [5.41, 5.74) is 3.70. The number of hydrogen-bond acceptors (Lipinski definition) is 9. The second-order valence-electron chi connectivity index (χ2n) is 21.2. The Bertz CT molecular complexity index is 2650. The number of para-hydroxylation sites is 1. The van der Waals surface area contributed by atoms with E-state index >= 15 is 13.2 Å². The van der Waals surface area contributed by atoms with Crippen LogP contribution >= 0.6 is 11.3 Å². The highest BCUT2D eigenvalue weighted by molar-refractivity contribution is 7.13. The van der Waals surface area contributed by atoms with E-state index in [1.54, 1.807) is 11.3 Å². The number of unbranched alkanes of at least 4 members (excludes halogenated alkanes) is 3. The first-order valence-corrected chi connectivity index (χ1v) is 25.5. The van der Waals surface area contributed by atoms with Crippen molar-refractivity contribution in [1.29, 1.82) is 0 Å². The summed E-state index contributed by atoms with van der Waals surface area (Å²) in [6, 6.07) is 15.1. The number of hydrogen-bond donors (Lipinski definition) is 4. The zero-order valence-corrected chi connectivity index (χ0v) is 42.1. The largest absolute Gasteiger partial charge is 0.493 e. The van der Waals surface area contributed by atoms with E-state index in [-0.39, 0.29) is 61.8 Å². The van der Waals surface area contributed by atoms with Crippen LogP contribution in [0.3, 0.4) is 0 Å². The number of amides is 3. The first-order valence-electron chi connectivity index (χ1n) is 24.6. The van der Waals surface area contributed by atoms with E-state index in [0.29, 0.717) is 44.4 Å². The second-order valence-corrected chi connectivity index (χ2v) is 22.0. The average Bonchev–Trinajstić information content (AvgIpc) is 3.58. The second kappa shape index (κ2) is 20.8. The number of aliphatic hydroxyl groups is 1. The molecule has 70 heavy (non-hydrogen) atoms. The number of carbonyl (C=O) groups excluding carboxylic acids is 3. The van der Waals surface area contributed by atoms with Crippen molar-refractivity contribution in [3.05, 3.63) is 106 Å². The first kappa shape index (κ1) is 51.1. The number of alkyl halides is 1. The summed E-state index contributed by atoms with van der Waals surface area (Å²) in [5, 5.41) is 17.6. The van der Waals surface area contributed by atoms with E-state index in [9.17, 15) is 19.5 Å². The Morgan fingerprint density at radius 2 is 1.67 bits per heavy atom. The number of β-amino-alcohol motifs (C(OH)–C–C–N with tert-alkyl or cyclic N) is 1. The van der Waals surface area contributed by atoms with Gasteiger partial charge in [0.15, 0.2) is 0 Å². The van der Waals surface area contributed by atoms with Gasteiger partial charge < -0.3 is 35.1 Å². The number of fused-ring (bicyclic) bond motifs is 3. The molecule has 5 aromatic rings. The number of aromatic amines is 1. The van der Waals surface area contributed by atoms with E-state index in [1.807, 2.05) is 93.6 Å². The van der Waals surface area contributed by atoms with Gasteiger partial charge in [-0.05, 0) is 94.4 Å². The molecule has 2 aliphatic heterocycles. The maximum atomic E-state index is 16.1. The minimum atomic E-state index is -1.60. The number of aliphatic hydroxyl groups excluding tert-OH is 1. The molecule has 0 radical (unpaired) electrons. The number of rotatable bonds is 19. The molecule has 0 bridgehead atoms. The number of benzene rings is 3. The number of nitrogens with one attached hydrogen (secondary N) is 3. The van der Waals surface area contributed by atoms with Gasteiger partial charge in [0.1, 0.15) is 40.7 Å². The van der Waals surface area contributed by atoms with Crippen LogP contribution in [0.1, 0.15) is 121 Å². The first-order chi connectivity index (χ1) is 33.2. The fourth-order valence-corrected chi connectivity index (χ4v) is 10.8. The lowest BCUT2D eigenvalue weighted by atomic mass is 9.85. The molecule has 2 aromatic heterocycles. The maximum Gasteiger partial charge on any atom is 0.252 e. The summed E-state index contributed by atoms with van der Waals surface area (Å²) in [5.74, 6) is -2.63. The highest BCUT2D eigenvalue weighted by atomic mass is 32.1. The summed E-state index contributed by atoms with van der Waals surface area (Å²) in [6.07, 6.45) is 3.63. The van der Waals surface area contributed by atoms with Crippen LogP contribution in [0.2, 0.25) is 0 Å². The van der Waals surface area contributed by atoms with Crippen molar-refractivity contribution in [3.8, 4) is 16.2 Å². The number of aryl methyl sites for hydroxylation is 1. The number of H-pyrrole nitrogens is 1. The third-order valence-electron chi connectivity index (χ3n) is 13.9. The summed E-state index contributed by atoms with van der Waals surface area (Å²) in [6.45, 7) is 13.2. The van der Waals surface area contributed by atoms with Crippen LogP contribution in [-0.4, -0.2) is 104 Å². The van der Waals surface area contributed by atoms with Crippen LogP contribution in [0.5, 0.6) is 5.75 Å². The zero-order chi connectivity index (χ0) is 50.1. The molecule has 5 atom stereocenters. The van der Waals surface area contributed by atoms with Crippen molar-refractivity contribution in [3.63, 3.8) is 0 Å². The van der Waals surface area contributed by atoms with Gasteiger partial charge in [0.25, 0.3) is 5.91 Å². The van der Waals surface area contributed by atoms with Gasteiger partial charge in [0.2, 0.25) is 11.8 Å². The molecule has 0 spiro atoms.